The van der Waals surface area contributed by atoms with Gasteiger partial charge in [-0.1, -0.05) is 30.4 Å². The highest BCUT2D eigenvalue weighted by Crippen LogP contribution is 2.35. The van der Waals surface area contributed by atoms with Crippen LogP contribution in [0, 0.1) is 0 Å². The van der Waals surface area contributed by atoms with E-state index in [-0.39, 0.29) is 30.7 Å². The second-order valence-corrected chi connectivity index (χ2v) is 10.2. The molecule has 1 aromatic heterocycles. The molecule has 3 heterocycles. The number of aliphatic imine (C=N–C) groups is 1. The van der Waals surface area contributed by atoms with E-state index in [0.29, 0.717) is 46.4 Å². The van der Waals surface area contributed by atoms with Crippen LogP contribution < -0.4 is 0 Å². The van der Waals surface area contributed by atoms with Gasteiger partial charge >= 0.3 is 6.18 Å². The summed E-state index contributed by atoms with van der Waals surface area (Å²) in [7, 11) is 0. The van der Waals surface area contributed by atoms with Gasteiger partial charge in [0.1, 0.15) is 0 Å². The summed E-state index contributed by atoms with van der Waals surface area (Å²) in [6, 6.07) is 9.64. The van der Waals surface area contributed by atoms with Crippen LogP contribution in [0.1, 0.15) is 29.2 Å². The molecule has 11 heteroatoms. The van der Waals surface area contributed by atoms with Crippen molar-refractivity contribution in [3.8, 4) is 0 Å². The lowest BCUT2D eigenvalue weighted by molar-refractivity contribution is -0.138. The van der Waals surface area contributed by atoms with Gasteiger partial charge in [-0.2, -0.15) is 23.3 Å². The number of allylic oxidation sites excluding steroid dienone is 1. The molecule has 7 nitrogen and oxygen atoms in total. The highest BCUT2D eigenvalue weighted by molar-refractivity contribution is 8.18. The van der Waals surface area contributed by atoms with E-state index < -0.39 is 11.7 Å². The van der Waals surface area contributed by atoms with Gasteiger partial charge < -0.3 is 14.7 Å². The number of nitrogens with zero attached hydrogens (tertiary/aromatic N) is 4. The quantitative estimate of drug-likeness (QED) is 0.467. The SMILES string of the molecule is C=C(C)c1ccc(Cn2ncc3cc(C=C4SC(N5CCOC(CO)C5)=NC4=O)ccc32)c(C(F)(F)F)c1. The van der Waals surface area contributed by atoms with Crippen molar-refractivity contribution in [2.75, 3.05) is 26.3 Å². The minimum absolute atomic E-state index is 0.0465. The molecule has 2 aromatic carbocycles. The molecule has 0 spiro atoms. The van der Waals surface area contributed by atoms with E-state index in [1.807, 2.05) is 11.0 Å². The minimum Gasteiger partial charge on any atom is -0.394 e. The molecule has 0 aliphatic carbocycles. The number of alkyl halides is 3. The van der Waals surface area contributed by atoms with Gasteiger partial charge in [0.2, 0.25) is 0 Å². The number of thioether (sulfide) groups is 1. The fourth-order valence-corrected chi connectivity index (χ4v) is 5.36. The summed E-state index contributed by atoms with van der Waals surface area (Å²) in [5, 5.41) is 15.0. The standard InChI is InChI=1S/C27H25F3N4O3S/c1-16(2)18-4-5-19(22(11-18)27(28,29)30)13-34-23-6-3-17(9-20(23)12-31-34)10-24-25(36)32-26(38-24)33-7-8-37-21(14-33)15-35/h3-6,9-12,21,35H,1,7-8,13-15H2,2H3. The minimum atomic E-state index is -4.50. The van der Waals surface area contributed by atoms with E-state index in [2.05, 4.69) is 16.7 Å². The van der Waals surface area contributed by atoms with Crippen molar-refractivity contribution in [2.24, 2.45) is 4.99 Å². The molecular weight excluding hydrogens is 517 g/mol. The number of aliphatic hydroxyl groups is 1. The number of fused-ring (bicyclic) bond motifs is 1. The van der Waals surface area contributed by atoms with E-state index in [0.717, 1.165) is 17.0 Å². The topological polar surface area (TPSA) is 80.0 Å². The monoisotopic (exact) mass is 542 g/mol. The van der Waals surface area contributed by atoms with Crippen molar-refractivity contribution in [3.05, 3.63) is 76.3 Å². The van der Waals surface area contributed by atoms with Crippen LogP contribution >= 0.6 is 11.8 Å². The Morgan fingerprint density at radius 2 is 2.11 bits per heavy atom. The lowest BCUT2D eigenvalue weighted by atomic mass is 10.00. The molecule has 3 aromatic rings. The Balaban J connectivity index is 1.36. The Bertz CT molecular complexity index is 1480. The number of rotatable bonds is 5. The molecule has 38 heavy (non-hydrogen) atoms. The predicted octanol–water partition coefficient (Wildman–Crippen LogP) is 4.80. The lowest BCUT2D eigenvalue weighted by Crippen LogP contribution is -2.45. The van der Waals surface area contributed by atoms with Gasteiger partial charge in [-0.15, -0.1) is 0 Å². The average Bonchev–Trinajstić information content (AvgIpc) is 3.46. The van der Waals surface area contributed by atoms with Gasteiger partial charge in [-0.05, 0) is 59.7 Å². The highest BCUT2D eigenvalue weighted by Gasteiger charge is 2.34. The van der Waals surface area contributed by atoms with Crippen LogP contribution in [-0.2, 0) is 22.3 Å². The zero-order valence-corrected chi connectivity index (χ0v) is 21.3. The molecule has 1 atom stereocenters. The predicted molar refractivity (Wildman–Crippen MR) is 141 cm³/mol. The number of hydrogen-bond acceptors (Lipinski definition) is 6. The molecule has 1 amide bonds. The van der Waals surface area contributed by atoms with E-state index in [1.165, 1.54) is 22.5 Å². The smallest absolute Gasteiger partial charge is 0.394 e. The number of morpholine rings is 1. The van der Waals surface area contributed by atoms with Crippen molar-refractivity contribution in [3.63, 3.8) is 0 Å². The van der Waals surface area contributed by atoms with Gasteiger partial charge in [0.25, 0.3) is 5.91 Å². The summed E-state index contributed by atoms with van der Waals surface area (Å²) in [6.07, 6.45) is -1.48. The normalized spacial score (nSPS) is 19.4. The fourth-order valence-electron chi connectivity index (χ4n) is 4.41. The van der Waals surface area contributed by atoms with E-state index >= 15 is 0 Å². The number of amides is 1. The highest BCUT2D eigenvalue weighted by atomic mass is 32.2. The maximum atomic E-state index is 13.8. The number of aromatic nitrogens is 2. The molecule has 2 aliphatic heterocycles. The van der Waals surface area contributed by atoms with Crippen molar-refractivity contribution in [1.82, 2.24) is 14.7 Å². The van der Waals surface area contributed by atoms with Crippen LogP contribution in [-0.4, -0.2) is 63.3 Å². The second kappa shape index (κ2) is 10.4. The summed E-state index contributed by atoms with van der Waals surface area (Å²) in [5.74, 6) is -0.342. The van der Waals surface area contributed by atoms with Gasteiger partial charge in [0.05, 0.1) is 48.0 Å². The summed E-state index contributed by atoms with van der Waals surface area (Å²) >= 11 is 1.27. The first-order valence-electron chi connectivity index (χ1n) is 11.9. The van der Waals surface area contributed by atoms with Crippen LogP contribution in [0.4, 0.5) is 13.2 Å². The van der Waals surface area contributed by atoms with Crippen LogP contribution in [0.5, 0.6) is 0 Å². The van der Waals surface area contributed by atoms with Crippen LogP contribution in [0.3, 0.4) is 0 Å². The molecule has 1 unspecified atom stereocenters. The van der Waals surface area contributed by atoms with Gasteiger partial charge in [0.15, 0.2) is 5.17 Å². The Kier molecular flexibility index (Phi) is 7.17. The largest absolute Gasteiger partial charge is 0.416 e. The number of halogens is 3. The Morgan fingerprint density at radius 1 is 1.29 bits per heavy atom. The molecule has 5 rings (SSSR count). The first-order chi connectivity index (χ1) is 18.1. The molecule has 1 fully saturated rings. The zero-order valence-electron chi connectivity index (χ0n) is 20.5. The number of carbonyl (C=O) groups excluding carboxylic acids is 1. The number of benzene rings is 2. The zero-order chi connectivity index (χ0) is 27.0. The molecule has 2 aliphatic rings. The first-order valence-corrected chi connectivity index (χ1v) is 12.8. The number of ether oxygens (including phenoxy) is 1. The maximum Gasteiger partial charge on any atom is 0.416 e. The molecule has 0 saturated carbocycles. The lowest BCUT2D eigenvalue weighted by Gasteiger charge is -2.32. The Labute approximate surface area is 221 Å². The maximum absolute atomic E-state index is 13.8. The summed E-state index contributed by atoms with van der Waals surface area (Å²) in [5.41, 5.74) is 1.83. The average molecular weight is 543 g/mol. The summed E-state index contributed by atoms with van der Waals surface area (Å²) in [4.78, 5) is 19.1. The fraction of sp³-hybridized carbons (Fsp3) is 0.296. The van der Waals surface area contributed by atoms with Crippen molar-refractivity contribution < 1.29 is 27.8 Å². The molecule has 1 saturated heterocycles. The van der Waals surface area contributed by atoms with Crippen molar-refractivity contribution in [1.29, 1.82) is 0 Å². The van der Waals surface area contributed by atoms with Crippen LogP contribution in [0.15, 0.2) is 59.1 Å². The van der Waals surface area contributed by atoms with Gasteiger partial charge in [-0.3, -0.25) is 9.48 Å². The Hall–Kier alpha value is -3.41. The molecular formula is C27H25F3N4O3S. The van der Waals surface area contributed by atoms with E-state index in [9.17, 15) is 23.1 Å². The van der Waals surface area contributed by atoms with Crippen LogP contribution in [0.25, 0.3) is 22.6 Å². The third-order valence-corrected chi connectivity index (χ3v) is 7.46. The summed E-state index contributed by atoms with van der Waals surface area (Å²) < 4.78 is 48.3. The first kappa shape index (κ1) is 26.2. The number of amidine groups is 1. The third kappa shape index (κ3) is 5.40. The van der Waals surface area contributed by atoms with E-state index in [1.54, 1.807) is 37.4 Å². The third-order valence-electron chi connectivity index (χ3n) is 6.41. The Morgan fingerprint density at radius 3 is 2.84 bits per heavy atom. The van der Waals surface area contributed by atoms with Gasteiger partial charge in [-0.25, -0.2) is 0 Å². The number of hydrogen-bond donors (Lipinski definition) is 1. The second-order valence-electron chi connectivity index (χ2n) is 9.20. The molecule has 0 bridgehead atoms. The van der Waals surface area contributed by atoms with E-state index in [4.69, 9.17) is 4.74 Å². The molecule has 0 radical (unpaired) electrons. The van der Waals surface area contributed by atoms with Crippen molar-refractivity contribution >= 4 is 45.4 Å². The molecule has 198 valence electrons. The number of carbonyl (C=O) groups is 1. The number of aliphatic hydroxyl groups excluding tert-OH is 1. The summed E-state index contributed by atoms with van der Waals surface area (Å²) in [6.45, 7) is 6.75. The van der Waals surface area contributed by atoms with Gasteiger partial charge in [0, 0.05) is 18.5 Å². The van der Waals surface area contributed by atoms with Crippen LogP contribution in [0.2, 0.25) is 0 Å². The molecule has 1 N–H and O–H groups in total. The van der Waals surface area contributed by atoms with Crippen molar-refractivity contribution in [2.45, 2.75) is 25.7 Å².